The molecule has 1 aliphatic rings. The summed E-state index contributed by atoms with van der Waals surface area (Å²) < 4.78 is 49.6. The van der Waals surface area contributed by atoms with Crippen molar-refractivity contribution in [3.05, 3.63) is 11.9 Å². The summed E-state index contributed by atoms with van der Waals surface area (Å²) in [6.07, 6.45) is 15.5. The van der Waals surface area contributed by atoms with Gasteiger partial charge in [-0.2, -0.15) is 4.31 Å². The number of sulfonamides is 1. The Hall–Kier alpha value is -2.58. The summed E-state index contributed by atoms with van der Waals surface area (Å²) in [4.78, 5) is 35.1. The molecule has 1 aromatic rings. The number of esters is 3. The highest BCUT2D eigenvalue weighted by molar-refractivity contribution is 7.88. The molecule has 2 heterocycles. The average molecular weight is 659 g/mol. The van der Waals surface area contributed by atoms with E-state index in [1.54, 1.807) is 0 Å². The molecule has 0 bridgehead atoms. The first-order valence-corrected chi connectivity index (χ1v) is 18.3. The Morgan fingerprint density at radius 2 is 1.33 bits per heavy atom. The van der Waals surface area contributed by atoms with Gasteiger partial charge >= 0.3 is 17.9 Å². The normalized spacial score (nSPS) is 20.0. The Morgan fingerprint density at radius 3 is 1.82 bits per heavy atom. The summed E-state index contributed by atoms with van der Waals surface area (Å²) in [6.45, 7) is 6.00. The van der Waals surface area contributed by atoms with Crippen molar-refractivity contribution >= 4 is 27.9 Å². The number of aromatic nitrogens is 3. The van der Waals surface area contributed by atoms with Gasteiger partial charge in [0, 0.05) is 27.3 Å². The molecule has 4 atom stereocenters. The van der Waals surface area contributed by atoms with Gasteiger partial charge in [-0.1, -0.05) is 95.6 Å². The van der Waals surface area contributed by atoms with Gasteiger partial charge in [0.2, 0.25) is 10.0 Å². The molecule has 0 aromatic carbocycles. The molecule has 0 N–H and O–H groups in total. The van der Waals surface area contributed by atoms with Crippen LogP contribution in [0.3, 0.4) is 0 Å². The number of rotatable bonds is 23. The smallest absolute Gasteiger partial charge is 0.303 e. The highest BCUT2D eigenvalue weighted by Gasteiger charge is 2.51. The summed E-state index contributed by atoms with van der Waals surface area (Å²) in [5.74, 6) is -1.84. The van der Waals surface area contributed by atoms with E-state index in [9.17, 15) is 22.8 Å². The molecule has 0 saturated carbocycles. The largest absolute Gasteiger partial charge is 0.463 e. The molecule has 0 unspecified atom stereocenters. The van der Waals surface area contributed by atoms with E-state index in [0.717, 1.165) is 25.7 Å². The van der Waals surface area contributed by atoms with Crippen LogP contribution in [-0.4, -0.2) is 83.3 Å². The third kappa shape index (κ3) is 15.0. The maximum absolute atomic E-state index is 12.6. The van der Waals surface area contributed by atoms with E-state index < -0.39 is 52.5 Å². The molecule has 0 radical (unpaired) electrons. The second kappa shape index (κ2) is 20.5. The molecule has 0 amide bonds. The fraction of sp³-hybridized carbons (Fsp3) is 0.839. The van der Waals surface area contributed by atoms with Crippen molar-refractivity contribution in [1.29, 1.82) is 0 Å². The van der Waals surface area contributed by atoms with E-state index in [2.05, 4.69) is 17.2 Å². The van der Waals surface area contributed by atoms with Crippen molar-refractivity contribution < 1.29 is 41.7 Å². The van der Waals surface area contributed by atoms with Crippen LogP contribution in [0.5, 0.6) is 0 Å². The van der Waals surface area contributed by atoms with Gasteiger partial charge in [-0.05, 0) is 6.42 Å². The first-order valence-electron chi connectivity index (χ1n) is 16.4. The Morgan fingerprint density at radius 1 is 0.822 bits per heavy atom. The van der Waals surface area contributed by atoms with Crippen molar-refractivity contribution in [1.82, 2.24) is 19.3 Å². The van der Waals surface area contributed by atoms with Crippen molar-refractivity contribution in [3.8, 4) is 0 Å². The van der Waals surface area contributed by atoms with Crippen LogP contribution < -0.4 is 0 Å². The van der Waals surface area contributed by atoms with E-state index >= 15 is 0 Å². The summed E-state index contributed by atoms with van der Waals surface area (Å²) in [6, 6.07) is 0. The molecule has 1 saturated heterocycles. The lowest BCUT2D eigenvalue weighted by Crippen LogP contribution is -2.40. The molecule has 0 spiro atoms. The van der Waals surface area contributed by atoms with Gasteiger partial charge in [-0.15, -0.1) is 5.10 Å². The zero-order valence-electron chi connectivity index (χ0n) is 27.8. The predicted octanol–water partition coefficient (Wildman–Crippen LogP) is 4.84. The van der Waals surface area contributed by atoms with Gasteiger partial charge in [0.1, 0.15) is 12.7 Å². The molecule has 1 aliphatic heterocycles. The molecule has 2 rings (SSSR count). The molecule has 13 nitrogen and oxygen atoms in total. The van der Waals surface area contributed by atoms with Crippen LogP contribution in [0.1, 0.15) is 130 Å². The lowest BCUT2D eigenvalue weighted by Gasteiger charge is -2.23. The predicted molar refractivity (Wildman–Crippen MR) is 167 cm³/mol. The summed E-state index contributed by atoms with van der Waals surface area (Å²) >= 11 is 0. The zero-order chi connectivity index (χ0) is 33.2. The van der Waals surface area contributed by atoms with Gasteiger partial charge in [-0.3, -0.25) is 14.4 Å². The van der Waals surface area contributed by atoms with Crippen LogP contribution >= 0.6 is 0 Å². The highest BCUT2D eigenvalue weighted by Crippen LogP contribution is 2.34. The monoisotopic (exact) mass is 658 g/mol. The summed E-state index contributed by atoms with van der Waals surface area (Å²) in [7, 11) is -3.51. The van der Waals surface area contributed by atoms with E-state index in [-0.39, 0.29) is 13.2 Å². The fourth-order valence-corrected chi connectivity index (χ4v) is 6.27. The van der Waals surface area contributed by atoms with Gasteiger partial charge in [0.05, 0.1) is 24.7 Å². The van der Waals surface area contributed by atoms with Crippen LogP contribution in [0, 0.1) is 0 Å². The number of nitrogens with zero attached hydrogens (tertiary/aromatic N) is 4. The zero-order valence-corrected chi connectivity index (χ0v) is 28.6. The van der Waals surface area contributed by atoms with E-state index in [4.69, 9.17) is 18.9 Å². The Balaban J connectivity index is 1.88. The van der Waals surface area contributed by atoms with Crippen LogP contribution in [-0.2, 0) is 49.9 Å². The minimum absolute atomic E-state index is 0.00643. The maximum atomic E-state index is 12.6. The van der Waals surface area contributed by atoms with Gasteiger partial charge in [0.25, 0.3) is 0 Å². The van der Waals surface area contributed by atoms with E-state index in [1.165, 1.54) is 106 Å². The number of carbonyl (C=O) groups excluding carboxylic acids is 3. The lowest BCUT2D eigenvalue weighted by molar-refractivity contribution is -0.166. The van der Waals surface area contributed by atoms with Gasteiger partial charge in [0.15, 0.2) is 18.4 Å². The van der Waals surface area contributed by atoms with Crippen molar-refractivity contribution in [3.63, 3.8) is 0 Å². The summed E-state index contributed by atoms with van der Waals surface area (Å²) in [5, 5.41) is 8.21. The molecule has 0 aliphatic carbocycles. The molecule has 45 heavy (non-hydrogen) atoms. The van der Waals surface area contributed by atoms with Crippen molar-refractivity contribution in [2.45, 2.75) is 149 Å². The van der Waals surface area contributed by atoms with Crippen LogP contribution in [0.2, 0.25) is 0 Å². The number of ether oxygens (including phenoxy) is 4. The molecule has 1 fully saturated rings. The first kappa shape index (κ1) is 38.6. The minimum Gasteiger partial charge on any atom is -0.463 e. The number of unbranched alkanes of at least 4 members (excludes halogenated alkanes) is 13. The second-order valence-corrected chi connectivity index (χ2v) is 13.9. The van der Waals surface area contributed by atoms with Crippen molar-refractivity contribution in [2.75, 3.05) is 19.4 Å². The SMILES string of the molecule is CCCCCCCCCCCCCCCCN(Cc1cn([C@@H]2O[C@H](COC(C)=O)[C@@H](OC(C)=O)[C@H]2OC(C)=O)nn1)S(C)(=O)=O. The average Bonchev–Trinajstić information content (AvgIpc) is 3.54. The quantitative estimate of drug-likeness (QED) is 0.0900. The van der Waals surface area contributed by atoms with Gasteiger partial charge in [-0.25, -0.2) is 13.1 Å². The number of carbonyl (C=O) groups is 3. The molecule has 14 heteroatoms. The van der Waals surface area contributed by atoms with E-state index in [1.807, 2.05) is 0 Å². The fourth-order valence-electron chi connectivity index (χ4n) is 5.44. The minimum atomic E-state index is -3.51. The summed E-state index contributed by atoms with van der Waals surface area (Å²) in [5.41, 5.74) is 0.364. The number of hydrogen-bond acceptors (Lipinski definition) is 11. The Labute approximate surface area is 268 Å². The Bertz CT molecular complexity index is 1140. The maximum Gasteiger partial charge on any atom is 0.303 e. The van der Waals surface area contributed by atoms with Gasteiger partial charge < -0.3 is 18.9 Å². The Kier molecular flexibility index (Phi) is 17.6. The first-order chi connectivity index (χ1) is 21.4. The lowest BCUT2D eigenvalue weighted by atomic mass is 10.0. The molecule has 1 aromatic heterocycles. The standard InChI is InChI=1S/C31H54N4O9S/c1-6-7-8-9-10-11-12-13-14-15-16-17-18-19-20-34(45(5,39)40)21-27-22-35(33-32-27)31-30(43-26(4)38)29(42-25(3)37)28(44-31)23-41-24(2)36/h22,28-31H,6-21,23H2,1-5H3/t28-,29-,30-,31-/m1/s1. The highest BCUT2D eigenvalue weighted by atomic mass is 32.2. The third-order valence-electron chi connectivity index (χ3n) is 7.73. The number of hydrogen-bond donors (Lipinski definition) is 0. The third-order valence-corrected chi connectivity index (χ3v) is 8.98. The van der Waals surface area contributed by atoms with Crippen LogP contribution in [0.25, 0.3) is 0 Å². The topological polar surface area (TPSA) is 156 Å². The van der Waals surface area contributed by atoms with E-state index in [0.29, 0.717) is 12.2 Å². The van der Waals surface area contributed by atoms with Crippen molar-refractivity contribution in [2.24, 2.45) is 0 Å². The molecular weight excluding hydrogens is 604 g/mol. The van der Waals surface area contributed by atoms with Crippen LogP contribution in [0.4, 0.5) is 0 Å². The molecule has 258 valence electrons. The second-order valence-electron chi connectivity index (χ2n) is 11.9. The molecular formula is C31H54N4O9S. The van der Waals surface area contributed by atoms with Crippen LogP contribution in [0.15, 0.2) is 6.20 Å².